The van der Waals surface area contributed by atoms with E-state index >= 15 is 0 Å². The molecule has 4 nitrogen and oxygen atoms in total. The lowest BCUT2D eigenvalue weighted by Crippen LogP contribution is -2.02. The Kier molecular flexibility index (Phi) is 3.77. The van der Waals surface area contributed by atoms with Crippen molar-refractivity contribution in [3.63, 3.8) is 0 Å². The fourth-order valence-corrected chi connectivity index (χ4v) is 3.25. The molecule has 5 heteroatoms. The normalized spacial score (nSPS) is 11.7. The summed E-state index contributed by atoms with van der Waals surface area (Å²) in [5.74, 6) is 1.99. The van der Waals surface area contributed by atoms with Gasteiger partial charge in [-0.1, -0.05) is 48.0 Å². The Bertz CT molecular complexity index is 1160. The second kappa shape index (κ2) is 6.41. The Morgan fingerprint density at radius 1 is 0.593 bits per heavy atom. The summed E-state index contributed by atoms with van der Waals surface area (Å²) in [6.45, 7) is 0. The summed E-state index contributed by atoms with van der Waals surface area (Å²) in [4.78, 5) is 8.29. The van der Waals surface area contributed by atoms with Gasteiger partial charge in [0, 0.05) is 17.4 Å². The lowest BCUT2D eigenvalue weighted by molar-refractivity contribution is 0.336. The van der Waals surface area contributed by atoms with Gasteiger partial charge in [0.1, 0.15) is 0 Å². The fraction of sp³-hybridized carbons (Fsp3) is 0. The van der Waals surface area contributed by atoms with Gasteiger partial charge in [-0.05, 0) is 52.6 Å². The third-order valence-corrected chi connectivity index (χ3v) is 4.58. The molecule has 2 heterocycles. The van der Waals surface area contributed by atoms with E-state index in [0.29, 0.717) is 23.3 Å². The Balaban J connectivity index is 1.52. The average molecular weight is 373 g/mol. The minimum atomic E-state index is 0.370. The van der Waals surface area contributed by atoms with Crippen molar-refractivity contribution in [2.75, 3.05) is 0 Å². The second-order valence-corrected chi connectivity index (χ2v) is 6.56. The van der Waals surface area contributed by atoms with Crippen molar-refractivity contribution >= 4 is 11.6 Å². The number of halogens is 1. The Morgan fingerprint density at radius 2 is 1.19 bits per heavy atom. The number of rotatable bonds is 2. The minimum Gasteiger partial charge on any atom is -0.431 e. The van der Waals surface area contributed by atoms with E-state index in [1.807, 2.05) is 48.5 Å². The molecular weight excluding hydrogens is 360 g/mol. The van der Waals surface area contributed by atoms with Crippen LogP contribution in [0.25, 0.3) is 22.3 Å². The van der Waals surface area contributed by atoms with Crippen LogP contribution in [0.15, 0.2) is 79.1 Å². The first kappa shape index (κ1) is 15.9. The summed E-state index contributed by atoms with van der Waals surface area (Å²) in [6, 6.07) is 22.0. The zero-order valence-corrected chi connectivity index (χ0v) is 14.9. The van der Waals surface area contributed by atoms with Gasteiger partial charge in [0.05, 0.1) is 0 Å². The van der Waals surface area contributed by atoms with Crippen LogP contribution in [0.2, 0.25) is 5.02 Å². The summed E-state index contributed by atoms with van der Waals surface area (Å²) in [5, 5.41) is 0.719. The quantitative estimate of drug-likeness (QED) is 0.361. The number of fused-ring (bicyclic) bond motifs is 2. The molecule has 130 valence electrons. The monoisotopic (exact) mass is 372 g/mol. The van der Waals surface area contributed by atoms with Gasteiger partial charge in [-0.25, -0.2) is 9.97 Å². The zero-order chi connectivity index (χ0) is 18.2. The van der Waals surface area contributed by atoms with Crippen molar-refractivity contribution in [3.05, 3.63) is 84.1 Å². The van der Waals surface area contributed by atoms with Crippen molar-refractivity contribution < 1.29 is 9.47 Å². The lowest BCUT2D eigenvalue weighted by Gasteiger charge is -2.19. The summed E-state index contributed by atoms with van der Waals surface area (Å²) in [5.41, 5.74) is 4.27. The van der Waals surface area contributed by atoms with Gasteiger partial charge in [0.2, 0.25) is 0 Å². The predicted octanol–water partition coefficient (Wildman–Crippen LogP) is 6.36. The zero-order valence-electron chi connectivity index (χ0n) is 14.1. The molecule has 0 amide bonds. The predicted molar refractivity (Wildman–Crippen MR) is 105 cm³/mol. The van der Waals surface area contributed by atoms with E-state index in [9.17, 15) is 0 Å². The smallest absolute Gasteiger partial charge is 0.284 e. The molecule has 4 aromatic rings. The maximum atomic E-state index is 6.13. The number of hydrogen-bond acceptors (Lipinski definition) is 4. The Labute approximate surface area is 161 Å². The topological polar surface area (TPSA) is 44.2 Å². The third kappa shape index (κ3) is 3.00. The van der Waals surface area contributed by atoms with Crippen LogP contribution in [-0.4, -0.2) is 9.97 Å². The van der Waals surface area contributed by atoms with E-state index < -0.39 is 0 Å². The molecular formula is C22H13ClN2O2. The third-order valence-electron chi connectivity index (χ3n) is 4.34. The molecule has 3 aromatic carbocycles. The molecule has 0 N–H and O–H groups in total. The minimum absolute atomic E-state index is 0.370. The van der Waals surface area contributed by atoms with E-state index in [-0.39, 0.29) is 0 Å². The van der Waals surface area contributed by atoms with Crippen LogP contribution in [0.3, 0.4) is 0 Å². The molecule has 1 aliphatic heterocycles. The molecule has 5 rings (SSSR count). The van der Waals surface area contributed by atoms with Crippen LogP contribution in [0.4, 0.5) is 0 Å². The van der Waals surface area contributed by atoms with Gasteiger partial charge >= 0.3 is 0 Å². The number of hydrogen-bond donors (Lipinski definition) is 0. The molecule has 0 aliphatic carbocycles. The highest BCUT2D eigenvalue weighted by molar-refractivity contribution is 6.30. The van der Waals surface area contributed by atoms with E-state index in [2.05, 4.69) is 28.2 Å². The van der Waals surface area contributed by atoms with E-state index in [1.165, 1.54) is 0 Å². The fourth-order valence-electron chi connectivity index (χ4n) is 3.06. The van der Waals surface area contributed by atoms with E-state index in [1.54, 1.807) is 12.4 Å². The van der Waals surface area contributed by atoms with Crippen molar-refractivity contribution in [2.24, 2.45) is 0 Å². The van der Waals surface area contributed by atoms with Crippen molar-refractivity contribution in [3.8, 4) is 45.5 Å². The molecule has 0 bridgehead atoms. The van der Waals surface area contributed by atoms with Crippen LogP contribution >= 0.6 is 11.6 Å². The van der Waals surface area contributed by atoms with Gasteiger partial charge in [-0.2, -0.15) is 0 Å². The standard InChI is InChI=1S/C22H13ClN2O2/c23-18-6-2-5-16(12-18)14-3-1-4-15(11-14)17-7-8-19-20(13-17)27-22-21(26-19)24-9-10-25-22/h1-13H. The second-order valence-electron chi connectivity index (χ2n) is 6.12. The number of ether oxygens (including phenoxy) is 2. The highest BCUT2D eigenvalue weighted by Gasteiger charge is 2.21. The molecule has 0 unspecified atom stereocenters. The molecule has 0 fully saturated rings. The first-order valence-corrected chi connectivity index (χ1v) is 8.81. The molecule has 0 atom stereocenters. The Hall–Kier alpha value is -3.37. The maximum Gasteiger partial charge on any atom is 0.284 e. The van der Waals surface area contributed by atoms with Crippen molar-refractivity contribution in [1.82, 2.24) is 9.97 Å². The summed E-state index contributed by atoms with van der Waals surface area (Å²) in [6.07, 6.45) is 3.15. The van der Waals surface area contributed by atoms with Gasteiger partial charge < -0.3 is 9.47 Å². The highest BCUT2D eigenvalue weighted by atomic mass is 35.5. The van der Waals surface area contributed by atoms with Crippen LogP contribution in [0.1, 0.15) is 0 Å². The molecule has 27 heavy (non-hydrogen) atoms. The molecule has 1 aromatic heterocycles. The Morgan fingerprint density at radius 3 is 1.89 bits per heavy atom. The largest absolute Gasteiger partial charge is 0.431 e. The maximum absolute atomic E-state index is 6.13. The van der Waals surface area contributed by atoms with E-state index in [4.69, 9.17) is 21.1 Å². The first-order chi connectivity index (χ1) is 13.3. The van der Waals surface area contributed by atoms with Crippen molar-refractivity contribution in [2.45, 2.75) is 0 Å². The van der Waals surface area contributed by atoms with Gasteiger partial charge in [0.15, 0.2) is 11.5 Å². The van der Waals surface area contributed by atoms with Gasteiger partial charge in [0.25, 0.3) is 11.8 Å². The SMILES string of the molecule is Clc1cccc(-c2cccc(-c3ccc4c(c3)Oc3nccnc3O4)c2)c1. The highest BCUT2D eigenvalue weighted by Crippen LogP contribution is 2.44. The van der Waals surface area contributed by atoms with Crippen LogP contribution < -0.4 is 9.47 Å². The molecule has 0 saturated carbocycles. The molecule has 0 saturated heterocycles. The number of aromatic nitrogens is 2. The van der Waals surface area contributed by atoms with Crippen LogP contribution in [0, 0.1) is 0 Å². The molecule has 0 radical (unpaired) electrons. The van der Waals surface area contributed by atoms with Crippen molar-refractivity contribution in [1.29, 1.82) is 0 Å². The van der Waals surface area contributed by atoms with Crippen LogP contribution in [0.5, 0.6) is 23.3 Å². The summed E-state index contributed by atoms with van der Waals surface area (Å²) < 4.78 is 11.6. The summed E-state index contributed by atoms with van der Waals surface area (Å²) >= 11 is 6.13. The first-order valence-electron chi connectivity index (χ1n) is 8.43. The molecule has 0 spiro atoms. The van der Waals surface area contributed by atoms with Gasteiger partial charge in [-0.15, -0.1) is 0 Å². The summed E-state index contributed by atoms with van der Waals surface area (Å²) in [7, 11) is 0. The lowest BCUT2D eigenvalue weighted by atomic mass is 9.99. The van der Waals surface area contributed by atoms with Gasteiger partial charge in [-0.3, -0.25) is 0 Å². The van der Waals surface area contributed by atoms with Crippen LogP contribution in [-0.2, 0) is 0 Å². The molecule has 1 aliphatic rings. The average Bonchev–Trinajstić information content (AvgIpc) is 2.72. The van der Waals surface area contributed by atoms with E-state index in [0.717, 1.165) is 27.3 Å². The number of benzene rings is 3. The number of nitrogens with zero attached hydrogens (tertiary/aromatic N) is 2.